The van der Waals surface area contributed by atoms with E-state index in [0.717, 1.165) is 16.9 Å². The summed E-state index contributed by atoms with van der Waals surface area (Å²) < 4.78 is 5.99. The number of aliphatic hydroxyl groups is 1. The normalized spacial score (nSPS) is 25.2. The molecule has 0 unspecified atom stereocenters. The van der Waals surface area contributed by atoms with Crippen LogP contribution in [0.1, 0.15) is 25.0 Å². The molecule has 19 heavy (non-hydrogen) atoms. The number of hydrogen-bond donors (Lipinski definition) is 1. The number of fused-ring (bicyclic) bond motifs is 1. The van der Waals surface area contributed by atoms with Gasteiger partial charge >= 0.3 is 0 Å². The fourth-order valence-corrected chi connectivity index (χ4v) is 2.89. The number of rotatable bonds is 2. The predicted molar refractivity (Wildman–Crippen MR) is 75.1 cm³/mol. The van der Waals surface area contributed by atoms with Gasteiger partial charge in [-0.1, -0.05) is 62.4 Å². The van der Waals surface area contributed by atoms with E-state index in [4.69, 9.17) is 4.74 Å². The molecule has 1 aliphatic rings. The maximum atomic E-state index is 11.3. The van der Waals surface area contributed by atoms with Crippen molar-refractivity contribution < 1.29 is 9.84 Å². The van der Waals surface area contributed by atoms with Crippen LogP contribution in [-0.4, -0.2) is 11.2 Å². The summed E-state index contributed by atoms with van der Waals surface area (Å²) in [6.07, 6.45) is -0.257. The molecule has 2 atom stereocenters. The highest BCUT2D eigenvalue weighted by Gasteiger charge is 2.50. The van der Waals surface area contributed by atoms with Gasteiger partial charge in [-0.15, -0.1) is 0 Å². The van der Waals surface area contributed by atoms with Gasteiger partial charge in [0, 0.05) is 5.56 Å². The highest BCUT2D eigenvalue weighted by Crippen LogP contribution is 2.47. The van der Waals surface area contributed by atoms with Gasteiger partial charge in [-0.3, -0.25) is 0 Å². The Bertz CT molecular complexity index is 577. The average molecular weight is 254 g/mol. The Labute approximate surface area is 113 Å². The maximum absolute atomic E-state index is 11.3. The van der Waals surface area contributed by atoms with Crippen LogP contribution in [0.4, 0.5) is 0 Å². The SMILES string of the molecule is CC(C)[C@@H]1Oc2ccccc2[C@]1(O)c1ccccc1. The molecule has 2 nitrogen and oxygen atoms in total. The van der Waals surface area contributed by atoms with Gasteiger partial charge in [0.15, 0.2) is 5.60 Å². The summed E-state index contributed by atoms with van der Waals surface area (Å²) in [6, 6.07) is 17.5. The van der Waals surface area contributed by atoms with Crippen LogP contribution < -0.4 is 4.74 Å². The molecular weight excluding hydrogens is 236 g/mol. The fraction of sp³-hybridized carbons (Fsp3) is 0.294. The van der Waals surface area contributed by atoms with E-state index in [0.29, 0.717) is 0 Å². The summed E-state index contributed by atoms with van der Waals surface area (Å²) >= 11 is 0. The quantitative estimate of drug-likeness (QED) is 0.890. The molecule has 1 heterocycles. The van der Waals surface area contributed by atoms with Gasteiger partial charge < -0.3 is 9.84 Å². The zero-order valence-electron chi connectivity index (χ0n) is 11.2. The molecule has 2 aromatic carbocycles. The lowest BCUT2D eigenvalue weighted by Gasteiger charge is -2.32. The van der Waals surface area contributed by atoms with Gasteiger partial charge in [0.1, 0.15) is 11.9 Å². The van der Waals surface area contributed by atoms with E-state index in [9.17, 15) is 5.11 Å². The number of benzene rings is 2. The molecule has 0 fully saturated rings. The molecule has 0 radical (unpaired) electrons. The lowest BCUT2D eigenvalue weighted by Crippen LogP contribution is -2.42. The second-order valence-electron chi connectivity index (χ2n) is 5.41. The molecule has 0 amide bonds. The second kappa shape index (κ2) is 4.39. The first-order valence-corrected chi connectivity index (χ1v) is 6.68. The molecule has 0 aromatic heterocycles. The third-order valence-corrected chi connectivity index (χ3v) is 3.78. The average Bonchev–Trinajstić information content (AvgIpc) is 2.75. The molecule has 0 spiro atoms. The Kier molecular flexibility index (Phi) is 2.83. The lowest BCUT2D eigenvalue weighted by molar-refractivity contribution is -0.0285. The van der Waals surface area contributed by atoms with Crippen LogP contribution in [0.25, 0.3) is 0 Å². The van der Waals surface area contributed by atoms with Crippen molar-refractivity contribution in [3.8, 4) is 5.75 Å². The fourth-order valence-electron chi connectivity index (χ4n) is 2.89. The molecule has 1 N–H and O–H groups in total. The first-order valence-electron chi connectivity index (χ1n) is 6.68. The molecule has 2 aromatic rings. The van der Waals surface area contributed by atoms with Crippen molar-refractivity contribution in [2.24, 2.45) is 5.92 Å². The molecule has 0 saturated carbocycles. The first kappa shape index (κ1) is 12.2. The summed E-state index contributed by atoms with van der Waals surface area (Å²) in [4.78, 5) is 0. The van der Waals surface area contributed by atoms with Gasteiger partial charge in [0.05, 0.1) is 0 Å². The molecule has 0 saturated heterocycles. The molecule has 3 rings (SSSR count). The highest BCUT2D eigenvalue weighted by molar-refractivity contribution is 5.49. The Balaban J connectivity index is 2.20. The largest absolute Gasteiger partial charge is 0.486 e. The number of hydrogen-bond acceptors (Lipinski definition) is 2. The Morgan fingerprint density at radius 2 is 1.63 bits per heavy atom. The Morgan fingerprint density at radius 1 is 1.00 bits per heavy atom. The van der Waals surface area contributed by atoms with Crippen molar-refractivity contribution in [2.45, 2.75) is 25.6 Å². The van der Waals surface area contributed by atoms with Crippen molar-refractivity contribution in [2.75, 3.05) is 0 Å². The van der Waals surface area contributed by atoms with Crippen LogP contribution in [0, 0.1) is 5.92 Å². The minimum absolute atomic E-state index is 0.220. The molecular formula is C17H18O2. The lowest BCUT2D eigenvalue weighted by atomic mass is 9.79. The topological polar surface area (TPSA) is 29.5 Å². The van der Waals surface area contributed by atoms with Gasteiger partial charge in [0.25, 0.3) is 0 Å². The monoisotopic (exact) mass is 254 g/mol. The highest BCUT2D eigenvalue weighted by atomic mass is 16.5. The zero-order valence-corrected chi connectivity index (χ0v) is 11.2. The third-order valence-electron chi connectivity index (χ3n) is 3.78. The molecule has 0 aliphatic carbocycles. The molecule has 2 heteroatoms. The van der Waals surface area contributed by atoms with Crippen LogP contribution in [0.15, 0.2) is 54.6 Å². The van der Waals surface area contributed by atoms with Crippen LogP contribution in [0.2, 0.25) is 0 Å². The molecule has 1 aliphatic heterocycles. The van der Waals surface area contributed by atoms with Crippen LogP contribution >= 0.6 is 0 Å². The third kappa shape index (κ3) is 1.75. The zero-order chi connectivity index (χ0) is 13.5. The second-order valence-corrected chi connectivity index (χ2v) is 5.41. The van der Waals surface area contributed by atoms with Crippen LogP contribution in [0.5, 0.6) is 5.75 Å². The van der Waals surface area contributed by atoms with Crippen LogP contribution in [-0.2, 0) is 5.60 Å². The first-order chi connectivity index (χ1) is 9.14. The van der Waals surface area contributed by atoms with Gasteiger partial charge in [-0.2, -0.15) is 0 Å². The Morgan fingerprint density at radius 3 is 2.32 bits per heavy atom. The summed E-state index contributed by atoms with van der Waals surface area (Å²) in [5, 5.41) is 11.3. The number of para-hydroxylation sites is 1. The standard InChI is InChI=1S/C17H18O2/c1-12(2)16-17(18,13-8-4-3-5-9-13)14-10-6-7-11-15(14)19-16/h3-12,16,18H,1-2H3/t16-,17+/m0/s1. The van der Waals surface area contributed by atoms with E-state index >= 15 is 0 Å². The van der Waals surface area contributed by atoms with Crippen molar-refractivity contribution in [3.05, 3.63) is 65.7 Å². The summed E-state index contributed by atoms with van der Waals surface area (Å²) in [7, 11) is 0. The van der Waals surface area contributed by atoms with E-state index in [1.165, 1.54) is 0 Å². The van der Waals surface area contributed by atoms with Gasteiger partial charge in [-0.25, -0.2) is 0 Å². The van der Waals surface area contributed by atoms with E-state index in [-0.39, 0.29) is 12.0 Å². The minimum atomic E-state index is -1.06. The van der Waals surface area contributed by atoms with Gasteiger partial charge in [-0.05, 0) is 17.5 Å². The predicted octanol–water partition coefficient (Wildman–Crippen LogP) is 3.34. The van der Waals surface area contributed by atoms with Crippen molar-refractivity contribution in [3.63, 3.8) is 0 Å². The Hall–Kier alpha value is -1.80. The minimum Gasteiger partial charge on any atom is -0.486 e. The van der Waals surface area contributed by atoms with E-state index in [1.54, 1.807) is 0 Å². The maximum Gasteiger partial charge on any atom is 0.155 e. The summed E-state index contributed by atoms with van der Waals surface area (Å²) in [5.41, 5.74) is 0.685. The van der Waals surface area contributed by atoms with Crippen molar-refractivity contribution >= 4 is 0 Å². The van der Waals surface area contributed by atoms with Crippen molar-refractivity contribution in [1.29, 1.82) is 0 Å². The van der Waals surface area contributed by atoms with Crippen LogP contribution in [0.3, 0.4) is 0 Å². The molecule has 0 bridgehead atoms. The molecule has 98 valence electrons. The van der Waals surface area contributed by atoms with E-state index < -0.39 is 5.60 Å². The number of ether oxygens (including phenoxy) is 1. The van der Waals surface area contributed by atoms with E-state index in [2.05, 4.69) is 13.8 Å². The summed E-state index contributed by atoms with van der Waals surface area (Å²) in [6.45, 7) is 4.15. The van der Waals surface area contributed by atoms with Crippen molar-refractivity contribution in [1.82, 2.24) is 0 Å². The smallest absolute Gasteiger partial charge is 0.155 e. The van der Waals surface area contributed by atoms with E-state index in [1.807, 2.05) is 54.6 Å². The van der Waals surface area contributed by atoms with Gasteiger partial charge in [0.2, 0.25) is 0 Å². The summed E-state index contributed by atoms with van der Waals surface area (Å²) in [5.74, 6) is 1.00.